The molecule has 4 saturated heterocycles. The minimum atomic E-state index is -0.594. The van der Waals surface area contributed by atoms with Crippen LogP contribution >= 0.6 is 0 Å². The number of carbonyl (C=O) groups is 1. The molecule has 0 N–H and O–H groups in total. The van der Waals surface area contributed by atoms with E-state index in [0.29, 0.717) is 13.0 Å². The van der Waals surface area contributed by atoms with Crippen LogP contribution in [0.1, 0.15) is 34.1 Å². The summed E-state index contributed by atoms with van der Waals surface area (Å²) in [6.45, 7) is 9.21. The van der Waals surface area contributed by atoms with Crippen molar-refractivity contribution < 1.29 is 23.7 Å². The van der Waals surface area contributed by atoms with Crippen molar-refractivity contribution in [1.82, 2.24) is 4.90 Å². The van der Waals surface area contributed by atoms with Crippen LogP contribution in [0.5, 0.6) is 0 Å². The maximum Gasteiger partial charge on any atom is 0.163 e. The van der Waals surface area contributed by atoms with Gasteiger partial charge >= 0.3 is 0 Å². The maximum absolute atomic E-state index is 11.9. The Balaban J connectivity index is 1.50. The zero-order valence-corrected chi connectivity index (χ0v) is 14.7. The summed E-state index contributed by atoms with van der Waals surface area (Å²) in [7, 11) is 0. The Morgan fingerprint density at radius 2 is 1.75 bits per heavy atom. The normalized spacial score (nSPS) is 48.5. The van der Waals surface area contributed by atoms with Gasteiger partial charge in [-0.1, -0.05) is 0 Å². The molecular weight excluding hydrogens is 310 g/mol. The van der Waals surface area contributed by atoms with Gasteiger partial charge in [-0.3, -0.25) is 9.69 Å². The first-order valence-electron chi connectivity index (χ1n) is 8.91. The molecular formula is C18H25NO5. The van der Waals surface area contributed by atoms with Crippen LogP contribution in [0.3, 0.4) is 0 Å². The first-order chi connectivity index (χ1) is 11.2. The maximum atomic E-state index is 11.9. The lowest BCUT2D eigenvalue weighted by atomic mass is 9.92. The Labute approximate surface area is 142 Å². The van der Waals surface area contributed by atoms with Gasteiger partial charge in [0, 0.05) is 24.9 Å². The van der Waals surface area contributed by atoms with Crippen molar-refractivity contribution in [3.8, 4) is 0 Å². The molecule has 6 heteroatoms. The minimum absolute atomic E-state index is 0.0147. The lowest BCUT2D eigenvalue weighted by molar-refractivity contribution is -0.181. The van der Waals surface area contributed by atoms with Gasteiger partial charge in [-0.2, -0.15) is 0 Å². The Morgan fingerprint density at radius 3 is 2.42 bits per heavy atom. The van der Waals surface area contributed by atoms with Gasteiger partial charge in [0.2, 0.25) is 0 Å². The topological polar surface area (TPSA) is 57.2 Å². The van der Waals surface area contributed by atoms with Gasteiger partial charge in [-0.15, -0.1) is 0 Å². The van der Waals surface area contributed by atoms with Crippen LogP contribution in [0, 0.1) is 5.92 Å². The molecule has 4 heterocycles. The average molecular weight is 335 g/mol. The molecule has 0 saturated carbocycles. The monoisotopic (exact) mass is 335 g/mol. The van der Waals surface area contributed by atoms with Crippen LogP contribution in [0.25, 0.3) is 0 Å². The molecule has 0 radical (unpaired) electrons. The van der Waals surface area contributed by atoms with Gasteiger partial charge in [0.1, 0.15) is 18.3 Å². The van der Waals surface area contributed by atoms with Crippen LogP contribution < -0.4 is 0 Å². The largest absolute Gasteiger partial charge is 0.348 e. The molecule has 24 heavy (non-hydrogen) atoms. The number of allylic oxidation sites excluding steroid dienone is 1. The van der Waals surface area contributed by atoms with Crippen molar-refractivity contribution in [2.45, 2.75) is 76.1 Å². The van der Waals surface area contributed by atoms with Crippen molar-refractivity contribution in [1.29, 1.82) is 0 Å². The summed E-state index contributed by atoms with van der Waals surface area (Å²) in [4.78, 5) is 14.3. The van der Waals surface area contributed by atoms with E-state index in [2.05, 4.69) is 4.90 Å². The Bertz CT molecular complexity index is 627. The smallest absolute Gasteiger partial charge is 0.163 e. The number of rotatable bonds is 1. The quantitative estimate of drug-likeness (QED) is 0.719. The lowest BCUT2D eigenvalue weighted by Crippen LogP contribution is -2.48. The average Bonchev–Trinajstić information content (AvgIpc) is 3.16. The molecule has 0 aromatic rings. The third-order valence-corrected chi connectivity index (χ3v) is 6.04. The molecule has 0 aromatic heterocycles. The summed E-state index contributed by atoms with van der Waals surface area (Å²) in [6.07, 6.45) is 2.35. The van der Waals surface area contributed by atoms with Crippen molar-refractivity contribution >= 4 is 5.78 Å². The second kappa shape index (κ2) is 4.68. The Morgan fingerprint density at radius 1 is 1.04 bits per heavy atom. The molecule has 4 aliphatic heterocycles. The molecule has 1 unspecified atom stereocenters. The first kappa shape index (κ1) is 15.5. The summed E-state index contributed by atoms with van der Waals surface area (Å²) in [5.41, 5.74) is 1.25. The highest BCUT2D eigenvalue weighted by Crippen LogP contribution is 2.51. The molecule has 4 fully saturated rings. The second-order valence-corrected chi connectivity index (χ2v) is 8.58. The fourth-order valence-corrected chi connectivity index (χ4v) is 5.34. The standard InChI is InChI=1S/C18H25NO5/c1-17(2)21-8-12(22-17)14-16-15(23-18(3,4)24-16)13-11-6-10(20)5-9(11)7-19(13)14/h5,11-16H,6-8H2,1-4H3/t11-,12?,13-,14+,15-,16+/m1/s1. The van der Waals surface area contributed by atoms with Crippen LogP contribution in [-0.4, -0.2) is 65.8 Å². The van der Waals surface area contributed by atoms with Crippen LogP contribution in [0.2, 0.25) is 0 Å². The van der Waals surface area contributed by atoms with E-state index in [1.807, 2.05) is 33.8 Å². The van der Waals surface area contributed by atoms with E-state index < -0.39 is 11.6 Å². The fraction of sp³-hybridized carbons (Fsp3) is 0.833. The number of ketones is 1. The molecule has 0 spiro atoms. The number of ether oxygens (including phenoxy) is 4. The zero-order valence-electron chi connectivity index (χ0n) is 14.7. The van der Waals surface area contributed by atoms with Crippen molar-refractivity contribution in [2.24, 2.45) is 5.92 Å². The van der Waals surface area contributed by atoms with E-state index in [1.54, 1.807) is 0 Å². The summed E-state index contributed by atoms with van der Waals surface area (Å²) in [5.74, 6) is -0.640. The number of nitrogens with zero attached hydrogens (tertiary/aromatic N) is 1. The predicted molar refractivity (Wildman–Crippen MR) is 84.2 cm³/mol. The fourth-order valence-electron chi connectivity index (χ4n) is 5.34. The Hall–Kier alpha value is -0.790. The van der Waals surface area contributed by atoms with Crippen LogP contribution in [0.4, 0.5) is 0 Å². The van der Waals surface area contributed by atoms with Crippen LogP contribution in [0.15, 0.2) is 11.6 Å². The van der Waals surface area contributed by atoms with E-state index in [4.69, 9.17) is 18.9 Å². The van der Waals surface area contributed by atoms with Gasteiger partial charge in [0.25, 0.3) is 0 Å². The van der Waals surface area contributed by atoms with Crippen LogP contribution in [-0.2, 0) is 23.7 Å². The molecule has 0 amide bonds. The SMILES string of the molecule is CC1(C)OCC([C@H]2[C@@H]3OC(C)(C)O[C@@H]3[C@H]3[C@@H]4CC(=O)C=C4CN32)O1. The summed E-state index contributed by atoms with van der Waals surface area (Å²) >= 11 is 0. The predicted octanol–water partition coefficient (Wildman–Crippen LogP) is 1.24. The molecule has 132 valence electrons. The van der Waals surface area contributed by atoms with Gasteiger partial charge in [0.15, 0.2) is 17.4 Å². The van der Waals surface area contributed by atoms with E-state index in [0.717, 1.165) is 6.54 Å². The Kier molecular flexibility index (Phi) is 3.01. The highest BCUT2D eigenvalue weighted by atomic mass is 16.8. The molecule has 0 bridgehead atoms. The molecule has 5 rings (SSSR count). The van der Waals surface area contributed by atoms with E-state index >= 15 is 0 Å². The van der Waals surface area contributed by atoms with E-state index in [9.17, 15) is 4.79 Å². The third-order valence-electron chi connectivity index (χ3n) is 6.04. The van der Waals surface area contributed by atoms with Gasteiger partial charge in [0.05, 0.1) is 12.6 Å². The van der Waals surface area contributed by atoms with E-state index in [-0.39, 0.29) is 42.1 Å². The second-order valence-electron chi connectivity index (χ2n) is 8.58. The number of fused-ring (bicyclic) bond motifs is 5. The van der Waals surface area contributed by atoms with Gasteiger partial charge < -0.3 is 18.9 Å². The van der Waals surface area contributed by atoms with Crippen molar-refractivity contribution in [3.05, 3.63) is 11.6 Å². The number of hydrogen-bond donors (Lipinski definition) is 0. The van der Waals surface area contributed by atoms with Gasteiger partial charge in [-0.05, 0) is 39.3 Å². The minimum Gasteiger partial charge on any atom is -0.348 e. The summed E-state index contributed by atoms with van der Waals surface area (Å²) in [5, 5.41) is 0. The molecule has 1 aliphatic carbocycles. The zero-order chi connectivity index (χ0) is 16.9. The number of hydrogen-bond acceptors (Lipinski definition) is 6. The summed E-state index contributed by atoms with van der Waals surface area (Å²) in [6, 6.07) is 0.303. The summed E-state index contributed by atoms with van der Waals surface area (Å²) < 4.78 is 24.5. The third kappa shape index (κ3) is 2.10. The molecule has 6 nitrogen and oxygen atoms in total. The highest BCUT2D eigenvalue weighted by Gasteiger charge is 2.65. The molecule has 5 aliphatic rings. The lowest BCUT2D eigenvalue weighted by Gasteiger charge is -2.33. The van der Waals surface area contributed by atoms with E-state index in [1.165, 1.54) is 5.57 Å². The molecule has 0 aromatic carbocycles. The highest BCUT2D eigenvalue weighted by molar-refractivity contribution is 5.94. The van der Waals surface area contributed by atoms with Crippen molar-refractivity contribution in [3.63, 3.8) is 0 Å². The van der Waals surface area contributed by atoms with Gasteiger partial charge in [-0.25, -0.2) is 0 Å². The molecule has 6 atom stereocenters. The number of carbonyl (C=O) groups excluding carboxylic acids is 1. The first-order valence-corrected chi connectivity index (χ1v) is 8.91. The van der Waals surface area contributed by atoms with Crippen molar-refractivity contribution in [2.75, 3.05) is 13.2 Å².